The summed E-state index contributed by atoms with van der Waals surface area (Å²) < 4.78 is 10.7. The Morgan fingerprint density at radius 3 is 2.38 bits per heavy atom. The topological polar surface area (TPSA) is 84.9 Å². The van der Waals surface area contributed by atoms with Crippen LogP contribution in [0, 0.1) is 0 Å². The molecule has 1 N–H and O–H groups in total. The molecule has 0 saturated heterocycles. The van der Waals surface area contributed by atoms with Gasteiger partial charge in [-0.05, 0) is 42.7 Å². The monoisotopic (exact) mass is 396 g/mol. The first-order chi connectivity index (χ1) is 14.0. The van der Waals surface area contributed by atoms with Gasteiger partial charge in [0, 0.05) is 13.1 Å². The number of nitrogens with one attached hydrogen (secondary N) is 1. The van der Waals surface area contributed by atoms with Crippen LogP contribution < -0.4 is 10.1 Å². The zero-order valence-electron chi connectivity index (χ0n) is 16.3. The van der Waals surface area contributed by atoms with Gasteiger partial charge in [-0.1, -0.05) is 30.3 Å². The number of esters is 1. The van der Waals surface area contributed by atoms with E-state index >= 15 is 0 Å². The van der Waals surface area contributed by atoms with Gasteiger partial charge in [-0.2, -0.15) is 0 Å². The predicted octanol–water partition coefficient (Wildman–Crippen LogP) is 2.16. The van der Waals surface area contributed by atoms with Crippen molar-refractivity contribution in [3.05, 3.63) is 65.7 Å². The highest BCUT2D eigenvalue weighted by Crippen LogP contribution is 2.18. The maximum atomic E-state index is 12.1. The van der Waals surface area contributed by atoms with Gasteiger partial charge in [0.2, 0.25) is 5.91 Å². The molecule has 0 spiro atoms. The molecule has 0 heterocycles. The molecular weight excluding hydrogens is 372 g/mol. The van der Waals surface area contributed by atoms with Crippen molar-refractivity contribution in [2.45, 2.75) is 25.5 Å². The van der Waals surface area contributed by atoms with Crippen LogP contribution in [0.2, 0.25) is 0 Å². The van der Waals surface area contributed by atoms with Gasteiger partial charge in [-0.25, -0.2) is 4.79 Å². The second-order valence-corrected chi connectivity index (χ2v) is 6.97. The lowest BCUT2D eigenvalue weighted by Gasteiger charge is -2.16. The Bertz CT molecular complexity index is 847. The van der Waals surface area contributed by atoms with Crippen LogP contribution in [0.1, 0.15) is 28.8 Å². The van der Waals surface area contributed by atoms with Crippen LogP contribution in [0.3, 0.4) is 0 Å². The standard InChI is InChI=1S/C22H24N2O5/c1-24(13-20(25)23-18-9-10-18)21(26)15-29-22(27)17-7-11-19(12-8-17)28-14-16-5-3-2-4-6-16/h2-8,11-12,18H,9-10,13-15H2,1H3,(H,23,25). The molecule has 29 heavy (non-hydrogen) atoms. The van der Waals surface area contributed by atoms with E-state index in [2.05, 4.69) is 5.32 Å². The summed E-state index contributed by atoms with van der Waals surface area (Å²) >= 11 is 0. The summed E-state index contributed by atoms with van der Waals surface area (Å²) in [6.07, 6.45) is 1.97. The Balaban J connectivity index is 1.41. The number of hydrogen-bond acceptors (Lipinski definition) is 5. The van der Waals surface area contributed by atoms with E-state index in [9.17, 15) is 14.4 Å². The summed E-state index contributed by atoms with van der Waals surface area (Å²) in [6, 6.07) is 16.5. The first kappa shape index (κ1) is 20.4. The fraction of sp³-hybridized carbons (Fsp3) is 0.318. The van der Waals surface area contributed by atoms with Crippen LogP contribution in [-0.2, 0) is 20.9 Å². The maximum Gasteiger partial charge on any atom is 0.338 e. The van der Waals surface area contributed by atoms with Gasteiger partial charge in [0.1, 0.15) is 12.4 Å². The van der Waals surface area contributed by atoms with Crippen molar-refractivity contribution < 1.29 is 23.9 Å². The summed E-state index contributed by atoms with van der Waals surface area (Å²) in [5, 5.41) is 2.80. The molecule has 152 valence electrons. The lowest BCUT2D eigenvalue weighted by molar-refractivity contribution is -0.137. The normalized spacial score (nSPS) is 12.7. The van der Waals surface area contributed by atoms with Gasteiger partial charge in [-0.15, -0.1) is 0 Å². The molecule has 1 fully saturated rings. The molecule has 0 bridgehead atoms. The lowest BCUT2D eigenvalue weighted by Crippen LogP contribution is -2.40. The molecule has 0 aliphatic heterocycles. The van der Waals surface area contributed by atoms with Crippen LogP contribution in [0.25, 0.3) is 0 Å². The maximum absolute atomic E-state index is 12.1. The largest absolute Gasteiger partial charge is 0.489 e. The minimum atomic E-state index is -0.608. The minimum Gasteiger partial charge on any atom is -0.489 e. The Hall–Kier alpha value is -3.35. The number of hydrogen-bond donors (Lipinski definition) is 1. The molecule has 0 radical (unpaired) electrons. The summed E-state index contributed by atoms with van der Waals surface area (Å²) in [6.45, 7) is -0.0432. The average molecular weight is 396 g/mol. The number of benzene rings is 2. The molecule has 3 rings (SSSR count). The highest BCUT2D eigenvalue weighted by Gasteiger charge is 2.24. The Morgan fingerprint density at radius 2 is 1.72 bits per heavy atom. The minimum absolute atomic E-state index is 0.0552. The Kier molecular flexibility index (Phi) is 6.84. The molecule has 1 saturated carbocycles. The number of ether oxygens (including phenoxy) is 2. The molecule has 1 aliphatic rings. The smallest absolute Gasteiger partial charge is 0.338 e. The second-order valence-electron chi connectivity index (χ2n) is 6.97. The lowest BCUT2D eigenvalue weighted by atomic mass is 10.2. The van der Waals surface area contributed by atoms with Gasteiger partial charge < -0.3 is 19.7 Å². The fourth-order valence-corrected chi connectivity index (χ4v) is 2.55. The van der Waals surface area contributed by atoms with Crippen molar-refractivity contribution in [1.29, 1.82) is 0 Å². The summed E-state index contributed by atoms with van der Waals surface area (Å²) in [5.74, 6) is -0.625. The van der Waals surface area contributed by atoms with E-state index in [-0.39, 0.29) is 18.5 Å². The highest BCUT2D eigenvalue weighted by atomic mass is 16.5. The number of likely N-dealkylation sites (N-methyl/N-ethyl adjacent to an activating group) is 1. The number of carbonyl (C=O) groups is 3. The molecule has 2 aromatic rings. The van der Waals surface area contributed by atoms with Crippen molar-refractivity contribution in [1.82, 2.24) is 10.2 Å². The summed E-state index contributed by atoms with van der Waals surface area (Å²) in [5.41, 5.74) is 1.36. The van der Waals surface area contributed by atoms with Crippen molar-refractivity contribution in [3.8, 4) is 5.75 Å². The van der Waals surface area contributed by atoms with Crippen LogP contribution in [-0.4, -0.2) is 48.9 Å². The van der Waals surface area contributed by atoms with Gasteiger partial charge in [0.05, 0.1) is 12.1 Å². The first-order valence-electron chi connectivity index (χ1n) is 9.48. The first-order valence-corrected chi connectivity index (χ1v) is 9.48. The van der Waals surface area contributed by atoms with Gasteiger partial charge >= 0.3 is 5.97 Å². The zero-order chi connectivity index (χ0) is 20.6. The van der Waals surface area contributed by atoms with E-state index in [1.807, 2.05) is 30.3 Å². The predicted molar refractivity (Wildman–Crippen MR) is 106 cm³/mol. The molecule has 0 atom stereocenters. The molecular formula is C22H24N2O5. The van der Waals surface area contributed by atoms with Gasteiger partial charge in [0.15, 0.2) is 6.61 Å². The number of carbonyl (C=O) groups excluding carboxylic acids is 3. The third-order valence-electron chi connectivity index (χ3n) is 4.41. The molecule has 7 heteroatoms. The van der Waals surface area contributed by atoms with Crippen LogP contribution in [0.15, 0.2) is 54.6 Å². The highest BCUT2D eigenvalue weighted by molar-refractivity contribution is 5.92. The molecule has 2 aromatic carbocycles. The van der Waals surface area contributed by atoms with Crippen LogP contribution in [0.5, 0.6) is 5.75 Å². The third-order valence-corrected chi connectivity index (χ3v) is 4.41. The molecule has 0 unspecified atom stereocenters. The molecule has 1 aliphatic carbocycles. The molecule has 2 amide bonds. The van der Waals surface area contributed by atoms with E-state index in [1.54, 1.807) is 24.3 Å². The summed E-state index contributed by atoms with van der Waals surface area (Å²) in [7, 11) is 1.50. The van der Waals surface area contributed by atoms with E-state index in [0.29, 0.717) is 17.9 Å². The van der Waals surface area contributed by atoms with Crippen molar-refractivity contribution >= 4 is 17.8 Å². The third kappa shape index (κ3) is 6.64. The van der Waals surface area contributed by atoms with E-state index in [0.717, 1.165) is 18.4 Å². The Labute approximate surface area is 169 Å². The quantitative estimate of drug-likeness (QED) is 0.657. The SMILES string of the molecule is CN(CC(=O)NC1CC1)C(=O)COC(=O)c1ccc(OCc2ccccc2)cc1. The van der Waals surface area contributed by atoms with Crippen molar-refractivity contribution in [3.63, 3.8) is 0 Å². The average Bonchev–Trinajstić information content (AvgIpc) is 3.55. The number of rotatable bonds is 9. The second kappa shape index (κ2) is 9.73. The number of amides is 2. The van der Waals surface area contributed by atoms with Crippen molar-refractivity contribution in [2.75, 3.05) is 20.2 Å². The van der Waals surface area contributed by atoms with Gasteiger partial charge in [0.25, 0.3) is 5.91 Å². The zero-order valence-corrected chi connectivity index (χ0v) is 16.3. The van der Waals surface area contributed by atoms with Crippen LogP contribution in [0.4, 0.5) is 0 Å². The van der Waals surface area contributed by atoms with Gasteiger partial charge in [-0.3, -0.25) is 9.59 Å². The summed E-state index contributed by atoms with van der Waals surface area (Å²) in [4.78, 5) is 37.1. The Morgan fingerprint density at radius 1 is 1.03 bits per heavy atom. The van der Waals surface area contributed by atoms with E-state index in [1.165, 1.54) is 11.9 Å². The van der Waals surface area contributed by atoms with Crippen LogP contribution >= 0.6 is 0 Å². The fourth-order valence-electron chi connectivity index (χ4n) is 2.55. The van der Waals surface area contributed by atoms with Crippen molar-refractivity contribution in [2.24, 2.45) is 0 Å². The van der Waals surface area contributed by atoms with E-state index < -0.39 is 18.5 Å². The van der Waals surface area contributed by atoms with E-state index in [4.69, 9.17) is 9.47 Å². The number of nitrogens with zero attached hydrogens (tertiary/aromatic N) is 1. The molecule has 0 aromatic heterocycles. The molecule has 7 nitrogen and oxygen atoms in total.